The topological polar surface area (TPSA) is 74.5 Å². The van der Waals surface area contributed by atoms with Gasteiger partial charge in [-0.05, 0) is 54.2 Å². The first-order valence-electron chi connectivity index (χ1n) is 8.82. The smallest absolute Gasteiger partial charge is 0.412 e. The molecule has 1 amide bonds. The molecule has 0 fully saturated rings. The monoisotopic (exact) mass is 437 g/mol. The zero-order chi connectivity index (χ0) is 20.5. The number of nitrogens with one attached hydrogen (secondary N) is 2. The Labute approximate surface area is 179 Å². The van der Waals surface area contributed by atoms with Gasteiger partial charge in [0.2, 0.25) is 0 Å². The number of carbonyl (C=O) groups is 1. The highest BCUT2D eigenvalue weighted by Crippen LogP contribution is 2.33. The van der Waals surface area contributed by atoms with Crippen molar-refractivity contribution in [1.29, 1.82) is 5.41 Å². The predicted octanol–water partition coefficient (Wildman–Crippen LogP) is 5.31. The Balaban J connectivity index is 2.45. The van der Waals surface area contributed by atoms with Gasteiger partial charge in [0.15, 0.2) is 5.17 Å². The average Bonchev–Trinajstić information content (AvgIpc) is 2.70. The second-order valence-electron chi connectivity index (χ2n) is 5.95. The molecule has 5 nitrogen and oxygen atoms in total. The maximum Gasteiger partial charge on any atom is 0.412 e. The van der Waals surface area contributed by atoms with Crippen LogP contribution in [0.3, 0.4) is 0 Å². The lowest BCUT2D eigenvalue weighted by molar-refractivity contribution is 0.177. The molecule has 0 aromatic heterocycles. The quantitative estimate of drug-likeness (QED) is 0.467. The van der Waals surface area contributed by atoms with Gasteiger partial charge in [0.05, 0.1) is 12.8 Å². The molecule has 0 saturated carbocycles. The van der Waals surface area contributed by atoms with Crippen LogP contribution in [0.4, 0.5) is 4.79 Å². The van der Waals surface area contributed by atoms with Crippen LogP contribution >= 0.6 is 35.1 Å². The molecule has 150 valence electrons. The lowest BCUT2D eigenvalue weighted by Gasteiger charge is -2.24. The minimum atomic E-state index is -0.580. The van der Waals surface area contributed by atoms with Crippen LogP contribution in [-0.4, -0.2) is 42.1 Å². The predicted molar refractivity (Wildman–Crippen MR) is 122 cm³/mol. The molecule has 0 aliphatic heterocycles. The highest BCUT2D eigenvalue weighted by atomic mass is 35.5. The maximum absolute atomic E-state index is 11.6. The van der Waals surface area contributed by atoms with Crippen LogP contribution in [-0.2, 0) is 11.2 Å². The van der Waals surface area contributed by atoms with Crippen LogP contribution in [0.15, 0.2) is 51.9 Å². The third-order valence-electron chi connectivity index (χ3n) is 3.99. The molecule has 0 saturated heterocycles. The number of rotatable bonds is 6. The van der Waals surface area contributed by atoms with Crippen molar-refractivity contribution in [3.8, 4) is 0 Å². The number of halogens is 1. The summed E-state index contributed by atoms with van der Waals surface area (Å²) in [5.41, 5.74) is 2.38. The number of amidine groups is 1. The Morgan fingerprint density at radius 1 is 1.36 bits per heavy atom. The Hall–Kier alpha value is -1.70. The number of carbonyl (C=O) groups excluding carboxylic acids is 1. The van der Waals surface area contributed by atoms with Crippen molar-refractivity contribution in [1.82, 2.24) is 5.32 Å². The molecule has 28 heavy (non-hydrogen) atoms. The van der Waals surface area contributed by atoms with Gasteiger partial charge < -0.3 is 10.1 Å². The number of aliphatic imine (C=N–C) groups is 1. The first-order valence-corrected chi connectivity index (χ1v) is 11.4. The minimum absolute atomic E-state index is 0.376. The van der Waals surface area contributed by atoms with Gasteiger partial charge in [-0.2, -0.15) is 0 Å². The van der Waals surface area contributed by atoms with Gasteiger partial charge in [-0.15, -0.1) is 11.8 Å². The van der Waals surface area contributed by atoms with Gasteiger partial charge in [-0.25, -0.2) is 9.79 Å². The van der Waals surface area contributed by atoms with Crippen LogP contribution in [0.25, 0.3) is 0 Å². The fourth-order valence-electron chi connectivity index (χ4n) is 2.61. The molecule has 0 heterocycles. The van der Waals surface area contributed by atoms with E-state index in [0.717, 1.165) is 28.2 Å². The van der Waals surface area contributed by atoms with E-state index in [1.54, 1.807) is 17.8 Å². The number of methoxy groups -OCH3 is 1. The molecule has 1 aliphatic rings. The lowest BCUT2D eigenvalue weighted by Crippen LogP contribution is -2.32. The SMILES string of the molecule is CCCSC1=C(Cc2ccccc2Cl)C(N=C(NC(=O)OC)SC)C(=N)C=C1. The molecule has 1 aliphatic carbocycles. The first-order chi connectivity index (χ1) is 13.5. The third-order valence-corrected chi connectivity index (χ3v) is 6.27. The highest BCUT2D eigenvalue weighted by Gasteiger charge is 2.26. The number of hydrogen-bond donors (Lipinski definition) is 2. The molecule has 1 aromatic carbocycles. The first kappa shape index (κ1) is 22.6. The van der Waals surface area contributed by atoms with Crippen LogP contribution < -0.4 is 5.32 Å². The molecule has 1 aromatic rings. The number of thioether (sulfide) groups is 2. The third kappa shape index (κ3) is 6.15. The Morgan fingerprint density at radius 3 is 2.75 bits per heavy atom. The van der Waals surface area contributed by atoms with Crippen molar-refractivity contribution >= 4 is 52.1 Å². The number of amides is 1. The zero-order valence-corrected chi connectivity index (χ0v) is 18.5. The largest absolute Gasteiger partial charge is 0.453 e. The summed E-state index contributed by atoms with van der Waals surface area (Å²) in [6.07, 6.45) is 6.63. The fraction of sp³-hybridized carbons (Fsp3) is 0.350. The summed E-state index contributed by atoms with van der Waals surface area (Å²) in [7, 11) is 1.31. The number of nitrogens with zero attached hydrogens (tertiary/aromatic N) is 1. The van der Waals surface area contributed by atoms with Gasteiger partial charge in [-0.3, -0.25) is 5.32 Å². The van der Waals surface area contributed by atoms with Gasteiger partial charge >= 0.3 is 6.09 Å². The number of hydrogen-bond acceptors (Lipinski definition) is 6. The van der Waals surface area contributed by atoms with E-state index in [0.29, 0.717) is 22.3 Å². The Kier molecular flexibility index (Phi) is 9.15. The molecule has 0 bridgehead atoms. The molecule has 0 spiro atoms. The molecule has 1 unspecified atom stereocenters. The summed E-state index contributed by atoms with van der Waals surface area (Å²) in [5.74, 6) is 0.977. The van der Waals surface area contributed by atoms with Gasteiger partial charge in [0.1, 0.15) is 6.04 Å². The van der Waals surface area contributed by atoms with E-state index in [2.05, 4.69) is 22.0 Å². The number of benzene rings is 1. The van der Waals surface area contributed by atoms with Crippen molar-refractivity contribution in [3.63, 3.8) is 0 Å². The van der Waals surface area contributed by atoms with Gasteiger partial charge in [0.25, 0.3) is 0 Å². The summed E-state index contributed by atoms with van der Waals surface area (Å²) < 4.78 is 4.67. The van der Waals surface area contributed by atoms with Gasteiger partial charge in [-0.1, -0.05) is 48.5 Å². The van der Waals surface area contributed by atoms with Crippen molar-refractivity contribution in [3.05, 3.63) is 57.5 Å². The van der Waals surface area contributed by atoms with E-state index in [9.17, 15) is 4.79 Å². The van der Waals surface area contributed by atoms with E-state index in [1.165, 1.54) is 18.9 Å². The zero-order valence-electron chi connectivity index (χ0n) is 16.1. The minimum Gasteiger partial charge on any atom is -0.453 e. The lowest BCUT2D eigenvalue weighted by atomic mass is 9.92. The van der Waals surface area contributed by atoms with Crippen LogP contribution in [0.1, 0.15) is 18.9 Å². The molecular formula is C20H24ClN3O2S2. The average molecular weight is 438 g/mol. The number of alkyl carbamates (subject to hydrolysis) is 1. The number of ether oxygens (including phenoxy) is 1. The summed E-state index contributed by atoms with van der Waals surface area (Å²) in [6, 6.07) is 7.22. The van der Waals surface area contributed by atoms with E-state index in [-0.39, 0.29) is 0 Å². The van der Waals surface area contributed by atoms with Crippen molar-refractivity contribution < 1.29 is 9.53 Å². The van der Waals surface area contributed by atoms with E-state index in [1.807, 2.05) is 36.6 Å². The standard InChI is InChI=1S/C20H24ClN3O2S2/c1-4-11-28-17-10-9-16(22)18(23-19(27-3)24-20(25)26-2)14(17)12-13-7-5-6-8-15(13)21/h5-10,18,22H,4,11-12H2,1-3H3,(H,23,24,25). The molecule has 8 heteroatoms. The number of allylic oxidation sites excluding steroid dienone is 1. The summed E-state index contributed by atoms with van der Waals surface area (Å²) in [6.45, 7) is 2.14. The van der Waals surface area contributed by atoms with Crippen LogP contribution in [0.5, 0.6) is 0 Å². The molecule has 1 atom stereocenters. The van der Waals surface area contributed by atoms with E-state index >= 15 is 0 Å². The summed E-state index contributed by atoms with van der Waals surface area (Å²) in [5, 5.41) is 12.2. The molecule has 2 N–H and O–H groups in total. The van der Waals surface area contributed by atoms with E-state index in [4.69, 9.17) is 17.0 Å². The van der Waals surface area contributed by atoms with Crippen LogP contribution in [0.2, 0.25) is 5.02 Å². The summed E-state index contributed by atoms with van der Waals surface area (Å²) in [4.78, 5) is 17.4. The van der Waals surface area contributed by atoms with Gasteiger partial charge in [0, 0.05) is 9.93 Å². The highest BCUT2D eigenvalue weighted by molar-refractivity contribution is 8.13. The van der Waals surface area contributed by atoms with Crippen molar-refractivity contribution in [2.75, 3.05) is 19.1 Å². The Bertz CT molecular complexity index is 821. The van der Waals surface area contributed by atoms with E-state index < -0.39 is 12.1 Å². The molecule has 0 radical (unpaired) electrons. The van der Waals surface area contributed by atoms with Crippen molar-refractivity contribution in [2.24, 2.45) is 4.99 Å². The van der Waals surface area contributed by atoms with Crippen molar-refractivity contribution in [2.45, 2.75) is 25.8 Å². The normalized spacial score (nSPS) is 17.1. The second-order valence-corrected chi connectivity index (χ2v) is 8.29. The molecular weight excluding hydrogens is 414 g/mol. The second kappa shape index (κ2) is 11.3. The molecule has 2 rings (SSSR count). The van der Waals surface area contributed by atoms with Crippen LogP contribution in [0, 0.1) is 5.41 Å². The fourth-order valence-corrected chi connectivity index (χ4v) is 4.16. The maximum atomic E-state index is 11.6. The Morgan fingerprint density at radius 2 is 2.11 bits per heavy atom. The summed E-state index contributed by atoms with van der Waals surface area (Å²) >= 11 is 9.44.